The third-order valence-electron chi connectivity index (χ3n) is 3.84. The van der Waals surface area contributed by atoms with Gasteiger partial charge in [0.1, 0.15) is 0 Å². The number of benzene rings is 1. The maximum atomic E-state index is 12.2. The van der Waals surface area contributed by atoms with Gasteiger partial charge in [-0.15, -0.1) is 12.4 Å². The normalized spacial score (nSPS) is 22.2. The summed E-state index contributed by atoms with van der Waals surface area (Å²) in [5.41, 5.74) is 2.14. The molecule has 2 rings (SSSR count). The highest BCUT2D eigenvalue weighted by atomic mass is 35.5. The highest BCUT2D eigenvalue weighted by Gasteiger charge is 2.22. The molecule has 1 heterocycles. The molecule has 5 heteroatoms. The first-order valence-electron chi connectivity index (χ1n) is 7.82. The molecule has 0 radical (unpaired) electrons. The molecule has 2 atom stereocenters. The van der Waals surface area contributed by atoms with Crippen molar-refractivity contribution in [2.75, 3.05) is 25.0 Å². The van der Waals surface area contributed by atoms with Crippen molar-refractivity contribution in [2.24, 2.45) is 0 Å². The van der Waals surface area contributed by atoms with Gasteiger partial charge in [0.25, 0.3) is 0 Å². The molecule has 0 spiro atoms. The molecule has 0 aromatic heterocycles. The Bertz CT molecular complexity index is 483. The number of amides is 1. The summed E-state index contributed by atoms with van der Waals surface area (Å²) >= 11 is 0. The molecule has 1 fully saturated rings. The van der Waals surface area contributed by atoms with E-state index >= 15 is 0 Å². The van der Waals surface area contributed by atoms with E-state index < -0.39 is 0 Å². The molecule has 1 amide bonds. The first-order valence-corrected chi connectivity index (χ1v) is 7.82. The van der Waals surface area contributed by atoms with Crippen LogP contribution in [0.25, 0.3) is 0 Å². The molecule has 4 nitrogen and oxygen atoms in total. The molecule has 1 aliphatic rings. The Morgan fingerprint density at radius 3 is 2.55 bits per heavy atom. The average molecular weight is 326 g/mol. The zero-order chi connectivity index (χ0) is 15.4. The van der Waals surface area contributed by atoms with Crippen LogP contribution in [0, 0.1) is 0 Å². The summed E-state index contributed by atoms with van der Waals surface area (Å²) in [4.78, 5) is 14.4. The second kappa shape index (κ2) is 8.51. The molecule has 0 bridgehead atoms. The van der Waals surface area contributed by atoms with Gasteiger partial charge in [-0.2, -0.15) is 0 Å². The van der Waals surface area contributed by atoms with Crippen LogP contribution in [0.15, 0.2) is 24.3 Å². The van der Waals surface area contributed by atoms with Crippen LogP contribution in [0.5, 0.6) is 0 Å². The number of hydrogen-bond acceptors (Lipinski definition) is 3. The summed E-state index contributed by atoms with van der Waals surface area (Å²) in [6.07, 6.45) is 0. The second-order valence-electron chi connectivity index (χ2n) is 6.49. The summed E-state index contributed by atoms with van der Waals surface area (Å²) in [5.74, 6) is 0.536. The van der Waals surface area contributed by atoms with E-state index in [0.717, 1.165) is 18.8 Å². The molecule has 1 aromatic carbocycles. The quantitative estimate of drug-likeness (QED) is 0.894. The molecule has 1 aliphatic heterocycles. The fraction of sp³-hybridized carbons (Fsp3) is 0.588. The summed E-state index contributed by atoms with van der Waals surface area (Å²) in [5, 5.41) is 6.49. The van der Waals surface area contributed by atoms with E-state index in [1.54, 1.807) is 0 Å². The van der Waals surface area contributed by atoms with Crippen LogP contribution in [0.3, 0.4) is 0 Å². The predicted molar refractivity (Wildman–Crippen MR) is 94.9 cm³/mol. The number of anilines is 1. The third-order valence-corrected chi connectivity index (χ3v) is 3.84. The molecule has 2 unspecified atom stereocenters. The van der Waals surface area contributed by atoms with Crippen LogP contribution in [-0.2, 0) is 4.79 Å². The molecule has 0 saturated carbocycles. The Morgan fingerprint density at radius 2 is 1.95 bits per heavy atom. The van der Waals surface area contributed by atoms with Gasteiger partial charge in [0.2, 0.25) is 5.91 Å². The smallest absolute Gasteiger partial charge is 0.238 e. The number of halogens is 1. The van der Waals surface area contributed by atoms with Gasteiger partial charge < -0.3 is 10.6 Å². The van der Waals surface area contributed by atoms with E-state index in [2.05, 4.69) is 55.4 Å². The molecule has 0 aliphatic carbocycles. The highest BCUT2D eigenvalue weighted by Crippen LogP contribution is 2.18. The predicted octanol–water partition coefficient (Wildman–Crippen LogP) is 2.85. The van der Waals surface area contributed by atoms with E-state index in [4.69, 9.17) is 0 Å². The minimum absolute atomic E-state index is 0. The Morgan fingerprint density at radius 1 is 1.32 bits per heavy atom. The van der Waals surface area contributed by atoms with Crippen molar-refractivity contribution in [1.82, 2.24) is 10.2 Å². The van der Waals surface area contributed by atoms with Crippen LogP contribution in [0.4, 0.5) is 5.69 Å². The first kappa shape index (κ1) is 18.9. The van der Waals surface area contributed by atoms with Crippen LogP contribution < -0.4 is 10.6 Å². The molecular weight excluding hydrogens is 298 g/mol. The number of rotatable bonds is 4. The molecular formula is C17H28ClN3O. The van der Waals surface area contributed by atoms with Crippen molar-refractivity contribution >= 4 is 24.0 Å². The summed E-state index contributed by atoms with van der Waals surface area (Å²) in [6, 6.07) is 8.98. The fourth-order valence-electron chi connectivity index (χ4n) is 2.95. The van der Waals surface area contributed by atoms with Crippen LogP contribution in [0.2, 0.25) is 0 Å². The minimum Gasteiger partial charge on any atom is -0.325 e. The van der Waals surface area contributed by atoms with Gasteiger partial charge in [-0.3, -0.25) is 9.69 Å². The van der Waals surface area contributed by atoms with Crippen LogP contribution >= 0.6 is 12.4 Å². The lowest BCUT2D eigenvalue weighted by Crippen LogP contribution is -2.55. The molecule has 124 valence electrons. The van der Waals surface area contributed by atoms with Crippen molar-refractivity contribution in [3.63, 3.8) is 0 Å². The highest BCUT2D eigenvalue weighted by molar-refractivity contribution is 5.92. The van der Waals surface area contributed by atoms with Crippen LogP contribution in [-0.4, -0.2) is 42.5 Å². The topological polar surface area (TPSA) is 44.4 Å². The van der Waals surface area contributed by atoms with E-state index in [9.17, 15) is 4.79 Å². The maximum Gasteiger partial charge on any atom is 0.238 e. The number of piperazine rings is 1. The Labute approximate surface area is 140 Å². The molecule has 22 heavy (non-hydrogen) atoms. The lowest BCUT2D eigenvalue weighted by molar-refractivity contribution is -0.117. The van der Waals surface area contributed by atoms with E-state index in [1.165, 1.54) is 5.56 Å². The van der Waals surface area contributed by atoms with Crippen molar-refractivity contribution in [1.29, 1.82) is 0 Å². The molecule has 2 N–H and O–H groups in total. The lowest BCUT2D eigenvalue weighted by Gasteiger charge is -2.35. The van der Waals surface area contributed by atoms with E-state index in [1.807, 2.05) is 12.1 Å². The SMILES string of the molecule is CC1CN(CC(=O)Nc2cccc(C(C)C)c2)CC(C)N1.Cl. The van der Waals surface area contributed by atoms with Gasteiger partial charge in [0.05, 0.1) is 6.54 Å². The number of hydrogen-bond donors (Lipinski definition) is 2. The average Bonchev–Trinajstić information content (AvgIpc) is 2.37. The summed E-state index contributed by atoms with van der Waals surface area (Å²) in [6.45, 7) is 10.9. The maximum absolute atomic E-state index is 12.2. The van der Waals surface area contributed by atoms with Crippen molar-refractivity contribution in [2.45, 2.75) is 45.7 Å². The van der Waals surface area contributed by atoms with Gasteiger partial charge in [0, 0.05) is 30.9 Å². The van der Waals surface area contributed by atoms with Crippen molar-refractivity contribution in [3.05, 3.63) is 29.8 Å². The number of nitrogens with one attached hydrogen (secondary N) is 2. The van der Waals surface area contributed by atoms with E-state index in [-0.39, 0.29) is 18.3 Å². The molecule has 1 aromatic rings. The van der Waals surface area contributed by atoms with Crippen LogP contribution in [0.1, 0.15) is 39.2 Å². The number of carbonyl (C=O) groups is 1. The zero-order valence-electron chi connectivity index (χ0n) is 13.9. The monoisotopic (exact) mass is 325 g/mol. The largest absolute Gasteiger partial charge is 0.325 e. The second-order valence-corrected chi connectivity index (χ2v) is 6.49. The summed E-state index contributed by atoms with van der Waals surface area (Å²) < 4.78 is 0. The number of carbonyl (C=O) groups excluding carboxylic acids is 1. The van der Waals surface area contributed by atoms with Gasteiger partial charge in [-0.05, 0) is 37.5 Å². The third kappa shape index (κ3) is 5.59. The van der Waals surface area contributed by atoms with Crippen molar-refractivity contribution < 1.29 is 4.79 Å². The zero-order valence-corrected chi connectivity index (χ0v) is 14.7. The van der Waals surface area contributed by atoms with Gasteiger partial charge in [0.15, 0.2) is 0 Å². The summed E-state index contributed by atoms with van der Waals surface area (Å²) in [7, 11) is 0. The van der Waals surface area contributed by atoms with Crippen molar-refractivity contribution in [3.8, 4) is 0 Å². The Kier molecular flexibility index (Phi) is 7.33. The van der Waals surface area contributed by atoms with Gasteiger partial charge >= 0.3 is 0 Å². The minimum atomic E-state index is 0. The standard InChI is InChI=1S/C17H27N3O.ClH/c1-12(2)15-6-5-7-16(8-15)19-17(21)11-20-9-13(3)18-14(4)10-20;/h5-8,12-14,18H,9-11H2,1-4H3,(H,19,21);1H. The first-order chi connectivity index (χ1) is 9.94. The fourth-order valence-corrected chi connectivity index (χ4v) is 2.95. The van der Waals surface area contributed by atoms with Gasteiger partial charge in [-0.25, -0.2) is 0 Å². The number of nitrogens with zero attached hydrogens (tertiary/aromatic N) is 1. The lowest BCUT2D eigenvalue weighted by atomic mass is 10.0. The van der Waals surface area contributed by atoms with E-state index in [0.29, 0.717) is 24.5 Å². The molecule has 1 saturated heterocycles. The Balaban J connectivity index is 0.00000242. The van der Waals surface area contributed by atoms with Gasteiger partial charge in [-0.1, -0.05) is 26.0 Å². The Hall–Kier alpha value is -1.10.